The number of fused-ring (bicyclic) bond motifs is 1. The molecule has 0 saturated heterocycles. The zero-order chi connectivity index (χ0) is 17.4. The van der Waals surface area contributed by atoms with E-state index in [-0.39, 0.29) is 0 Å². The molecule has 1 unspecified atom stereocenters. The van der Waals surface area contributed by atoms with Crippen LogP contribution in [-0.4, -0.2) is 6.61 Å². The molecule has 0 saturated carbocycles. The lowest BCUT2D eigenvalue weighted by Crippen LogP contribution is -2.48. The summed E-state index contributed by atoms with van der Waals surface area (Å²) in [6.07, 6.45) is 10.9. The summed E-state index contributed by atoms with van der Waals surface area (Å²) >= 11 is 0. The highest BCUT2D eigenvalue weighted by molar-refractivity contribution is 5.79. The second kappa shape index (κ2) is 9.27. The van der Waals surface area contributed by atoms with Gasteiger partial charge in [-0.2, -0.15) is 0 Å². The molecule has 0 aliphatic heterocycles. The summed E-state index contributed by atoms with van der Waals surface area (Å²) in [6.45, 7) is 11.2. The summed E-state index contributed by atoms with van der Waals surface area (Å²) in [5.74, 6) is 0.599. The molecule has 0 N–H and O–H groups in total. The average molecular weight is 324 g/mol. The van der Waals surface area contributed by atoms with Crippen molar-refractivity contribution in [2.24, 2.45) is 5.92 Å². The number of hydrogen-bond donors (Lipinski definition) is 0. The Labute approximate surface area is 146 Å². The molecule has 2 rings (SSSR count). The number of allylic oxidation sites excluding steroid dienone is 1. The molecule has 2 heteroatoms. The van der Waals surface area contributed by atoms with E-state index in [9.17, 15) is 0 Å². The van der Waals surface area contributed by atoms with Crippen molar-refractivity contribution in [3.8, 4) is 0 Å². The molecule has 1 atom stereocenters. The first-order valence-electron chi connectivity index (χ1n) is 9.11. The standard InChI is InChI=1S/C22H30NO/c1-5-9-13-18(7-3)17-24-23-21(12-6-2)19(8-4)16-20-14-10-11-15-22(20)23/h6,8,10-12,14-16,18H,4-5,7,9,13,17H2,1-3H3/q+1/b12-6-. The average Bonchev–Trinajstić information content (AvgIpc) is 2.62. The Morgan fingerprint density at radius 3 is 2.71 bits per heavy atom. The van der Waals surface area contributed by atoms with Gasteiger partial charge in [0, 0.05) is 16.9 Å². The van der Waals surface area contributed by atoms with Gasteiger partial charge in [-0.1, -0.05) is 57.6 Å². The third kappa shape index (κ3) is 4.25. The van der Waals surface area contributed by atoms with E-state index >= 15 is 0 Å². The molecule has 1 heterocycles. The molecular formula is C22H30NO+. The Morgan fingerprint density at radius 2 is 2.04 bits per heavy atom. The maximum absolute atomic E-state index is 6.31. The maximum Gasteiger partial charge on any atom is 0.265 e. The highest BCUT2D eigenvalue weighted by Crippen LogP contribution is 2.18. The van der Waals surface area contributed by atoms with E-state index in [1.54, 1.807) is 0 Å². The van der Waals surface area contributed by atoms with Gasteiger partial charge in [-0.3, -0.25) is 4.84 Å². The zero-order valence-corrected chi connectivity index (χ0v) is 15.3. The van der Waals surface area contributed by atoms with Crippen LogP contribution < -0.4 is 9.57 Å². The lowest BCUT2D eigenvalue weighted by atomic mass is 10.0. The second-order valence-electron chi connectivity index (χ2n) is 6.25. The monoisotopic (exact) mass is 324 g/mol. The van der Waals surface area contributed by atoms with Crippen LogP contribution in [0.15, 0.2) is 43.0 Å². The molecule has 2 aromatic rings. The van der Waals surface area contributed by atoms with E-state index in [1.807, 2.05) is 23.8 Å². The van der Waals surface area contributed by atoms with Crippen LogP contribution in [0, 0.1) is 5.92 Å². The largest absolute Gasteiger partial charge is 0.270 e. The molecule has 0 radical (unpaired) electrons. The van der Waals surface area contributed by atoms with Gasteiger partial charge in [-0.05, 0) is 37.8 Å². The fraction of sp³-hybridized carbons (Fsp3) is 0.409. The van der Waals surface area contributed by atoms with Gasteiger partial charge in [0.05, 0.1) is 10.9 Å². The van der Waals surface area contributed by atoms with Crippen LogP contribution in [-0.2, 0) is 0 Å². The zero-order valence-electron chi connectivity index (χ0n) is 15.3. The minimum atomic E-state index is 0.599. The molecule has 2 nitrogen and oxygen atoms in total. The molecule has 0 aliphatic rings. The maximum atomic E-state index is 6.31. The van der Waals surface area contributed by atoms with Gasteiger partial charge in [-0.25, -0.2) is 0 Å². The van der Waals surface area contributed by atoms with Gasteiger partial charge in [0.1, 0.15) is 0 Å². The summed E-state index contributed by atoms with van der Waals surface area (Å²) in [6, 6.07) is 10.5. The third-order valence-corrected chi connectivity index (χ3v) is 4.51. The highest BCUT2D eigenvalue weighted by Gasteiger charge is 2.21. The fourth-order valence-electron chi connectivity index (χ4n) is 2.99. The van der Waals surface area contributed by atoms with Gasteiger partial charge in [0.2, 0.25) is 0 Å². The van der Waals surface area contributed by atoms with Crippen molar-refractivity contribution >= 4 is 23.1 Å². The second-order valence-corrected chi connectivity index (χ2v) is 6.25. The Hall–Kier alpha value is -2.09. The van der Waals surface area contributed by atoms with E-state index < -0.39 is 0 Å². The summed E-state index contributed by atoms with van der Waals surface area (Å²) in [4.78, 5) is 6.31. The van der Waals surface area contributed by atoms with E-state index in [4.69, 9.17) is 4.84 Å². The van der Waals surface area contributed by atoms with Gasteiger partial charge < -0.3 is 0 Å². The number of nitrogens with zero attached hydrogens (tertiary/aromatic N) is 1. The van der Waals surface area contributed by atoms with Crippen LogP contribution in [0.5, 0.6) is 0 Å². The smallest absolute Gasteiger partial charge is 0.265 e. The normalized spacial score (nSPS) is 12.6. The minimum absolute atomic E-state index is 0.599. The fourth-order valence-corrected chi connectivity index (χ4v) is 2.99. The molecule has 0 spiro atoms. The van der Waals surface area contributed by atoms with Gasteiger partial charge in [0.25, 0.3) is 11.2 Å². The molecule has 0 amide bonds. The SMILES string of the molecule is C=Cc1cc2ccccc2[n+](OCC(CC)CCCC)c1/C=C\C. The van der Waals surface area contributed by atoms with Crippen molar-refractivity contribution in [3.63, 3.8) is 0 Å². The predicted octanol–water partition coefficient (Wildman–Crippen LogP) is 5.45. The van der Waals surface area contributed by atoms with E-state index in [0.29, 0.717) is 5.92 Å². The van der Waals surface area contributed by atoms with Gasteiger partial charge in [0.15, 0.2) is 6.61 Å². The number of rotatable bonds is 9. The van der Waals surface area contributed by atoms with Crippen LogP contribution >= 0.6 is 0 Å². The molecule has 1 aromatic heterocycles. The molecular weight excluding hydrogens is 294 g/mol. The van der Waals surface area contributed by atoms with Crippen LogP contribution in [0.25, 0.3) is 23.1 Å². The summed E-state index contributed by atoms with van der Waals surface area (Å²) in [7, 11) is 0. The number of benzene rings is 1. The van der Waals surface area contributed by atoms with Crippen LogP contribution in [0.3, 0.4) is 0 Å². The Balaban J connectivity index is 2.41. The minimum Gasteiger partial charge on any atom is -0.270 e. The molecule has 0 fully saturated rings. The number of unbranched alkanes of at least 4 members (excludes halogenated alkanes) is 1. The lowest BCUT2D eigenvalue weighted by molar-refractivity contribution is -0.873. The van der Waals surface area contributed by atoms with Gasteiger partial charge in [-0.15, -0.1) is 0 Å². The van der Waals surface area contributed by atoms with Crippen molar-refractivity contribution < 1.29 is 9.57 Å². The number of para-hydroxylation sites is 1. The van der Waals surface area contributed by atoms with Crippen LogP contribution in [0.4, 0.5) is 0 Å². The first-order chi connectivity index (χ1) is 11.7. The molecule has 24 heavy (non-hydrogen) atoms. The predicted molar refractivity (Wildman–Crippen MR) is 104 cm³/mol. The van der Waals surface area contributed by atoms with Crippen molar-refractivity contribution in [2.75, 3.05) is 6.61 Å². The molecule has 0 bridgehead atoms. The Kier molecular flexibility index (Phi) is 7.05. The molecule has 1 aromatic carbocycles. The van der Waals surface area contributed by atoms with Gasteiger partial charge >= 0.3 is 0 Å². The number of hydrogen-bond acceptors (Lipinski definition) is 1. The highest BCUT2D eigenvalue weighted by atomic mass is 16.7. The van der Waals surface area contributed by atoms with Crippen molar-refractivity contribution in [1.82, 2.24) is 0 Å². The van der Waals surface area contributed by atoms with E-state index in [1.165, 1.54) is 24.6 Å². The van der Waals surface area contributed by atoms with E-state index in [0.717, 1.165) is 29.8 Å². The lowest BCUT2D eigenvalue weighted by Gasteiger charge is -2.13. The van der Waals surface area contributed by atoms with E-state index in [2.05, 4.69) is 56.8 Å². The Morgan fingerprint density at radius 1 is 1.25 bits per heavy atom. The van der Waals surface area contributed by atoms with Crippen molar-refractivity contribution in [3.05, 3.63) is 54.2 Å². The van der Waals surface area contributed by atoms with Crippen molar-refractivity contribution in [1.29, 1.82) is 0 Å². The molecule has 0 aliphatic carbocycles. The first-order valence-corrected chi connectivity index (χ1v) is 9.11. The summed E-state index contributed by atoms with van der Waals surface area (Å²) in [5, 5.41) is 1.17. The Bertz CT molecular complexity index is 702. The quantitative estimate of drug-likeness (QED) is 0.559. The van der Waals surface area contributed by atoms with Crippen LogP contribution in [0.2, 0.25) is 0 Å². The van der Waals surface area contributed by atoms with Crippen LogP contribution in [0.1, 0.15) is 57.7 Å². The topological polar surface area (TPSA) is 13.1 Å². The number of pyridine rings is 1. The third-order valence-electron chi connectivity index (χ3n) is 4.51. The molecule has 128 valence electrons. The number of aromatic nitrogens is 1. The van der Waals surface area contributed by atoms with Crippen molar-refractivity contribution in [2.45, 2.75) is 46.5 Å². The first kappa shape index (κ1) is 18.3. The summed E-state index contributed by atoms with van der Waals surface area (Å²) < 4.78 is 1.99. The summed E-state index contributed by atoms with van der Waals surface area (Å²) in [5.41, 5.74) is 3.24.